The number of rotatable bonds is 2. The first kappa shape index (κ1) is 12.7. The average molecular weight is 251 g/mol. The van der Waals surface area contributed by atoms with Crippen LogP contribution in [0.2, 0.25) is 0 Å². The summed E-state index contributed by atoms with van der Waals surface area (Å²) in [6.45, 7) is 2.75. The highest BCUT2D eigenvalue weighted by atomic mass is 16.5. The molecule has 5 nitrogen and oxygen atoms in total. The molecule has 1 aromatic carbocycles. The van der Waals surface area contributed by atoms with E-state index in [9.17, 15) is 9.90 Å². The summed E-state index contributed by atoms with van der Waals surface area (Å²) in [5.74, 6) is 0.181. The van der Waals surface area contributed by atoms with Crippen molar-refractivity contribution in [3.63, 3.8) is 0 Å². The Hall–Kier alpha value is -1.75. The zero-order valence-corrected chi connectivity index (χ0v) is 10.8. The average Bonchev–Trinajstić information content (AvgIpc) is 2.28. The number of ether oxygens (including phenoxy) is 2. The van der Waals surface area contributed by atoms with Crippen LogP contribution in [0.1, 0.15) is 24.2 Å². The molecule has 1 aromatic rings. The Morgan fingerprint density at radius 3 is 2.83 bits per heavy atom. The van der Waals surface area contributed by atoms with Crippen molar-refractivity contribution in [2.75, 3.05) is 20.7 Å². The maximum absolute atomic E-state index is 11.1. The van der Waals surface area contributed by atoms with Gasteiger partial charge < -0.3 is 14.6 Å². The standard InChI is InChI=1S/C13H17NO4/c1-8(15)18-13-7-14(2)6-9-4-12(17-3)11(16)5-10(9)13/h4-5,13,16H,6-7H2,1-3H3. The van der Waals surface area contributed by atoms with Gasteiger partial charge in [0, 0.05) is 25.6 Å². The molecule has 0 radical (unpaired) electrons. The molecule has 0 saturated carbocycles. The number of likely N-dealkylation sites (N-methyl/N-ethyl adjacent to an activating group) is 1. The van der Waals surface area contributed by atoms with E-state index in [1.54, 1.807) is 12.1 Å². The summed E-state index contributed by atoms with van der Waals surface area (Å²) in [5.41, 5.74) is 1.85. The Labute approximate surface area is 106 Å². The Balaban J connectivity index is 2.41. The maximum atomic E-state index is 11.1. The predicted molar refractivity (Wildman–Crippen MR) is 65.5 cm³/mol. The van der Waals surface area contributed by atoms with E-state index in [0.29, 0.717) is 12.3 Å². The van der Waals surface area contributed by atoms with Gasteiger partial charge in [-0.15, -0.1) is 0 Å². The van der Waals surface area contributed by atoms with Crippen molar-refractivity contribution >= 4 is 5.97 Å². The lowest BCUT2D eigenvalue weighted by Crippen LogP contribution is -2.32. The second-order valence-electron chi connectivity index (χ2n) is 4.52. The number of phenols is 1. The number of benzene rings is 1. The molecule has 1 atom stereocenters. The monoisotopic (exact) mass is 251 g/mol. The Bertz CT molecular complexity index is 472. The second kappa shape index (κ2) is 4.86. The number of esters is 1. The largest absolute Gasteiger partial charge is 0.504 e. The van der Waals surface area contributed by atoms with Crippen molar-refractivity contribution in [2.45, 2.75) is 19.6 Å². The molecule has 0 saturated heterocycles. The minimum Gasteiger partial charge on any atom is -0.504 e. The smallest absolute Gasteiger partial charge is 0.303 e. The van der Waals surface area contributed by atoms with Crippen molar-refractivity contribution in [2.24, 2.45) is 0 Å². The van der Waals surface area contributed by atoms with Crippen LogP contribution in [0.5, 0.6) is 11.5 Å². The summed E-state index contributed by atoms with van der Waals surface area (Å²) in [6.07, 6.45) is -0.340. The number of phenolic OH excluding ortho intramolecular Hbond substituents is 1. The van der Waals surface area contributed by atoms with Gasteiger partial charge in [0.05, 0.1) is 7.11 Å². The minimum absolute atomic E-state index is 0.0676. The third kappa shape index (κ3) is 2.41. The number of nitrogens with zero attached hydrogens (tertiary/aromatic N) is 1. The third-order valence-electron chi connectivity index (χ3n) is 3.01. The molecule has 0 aliphatic carbocycles. The molecule has 1 aliphatic heterocycles. The molecule has 1 heterocycles. The SMILES string of the molecule is COc1cc2c(cc1O)C(OC(C)=O)CN(C)C2. The summed E-state index contributed by atoms with van der Waals surface area (Å²) in [7, 11) is 3.47. The molecule has 0 amide bonds. The van der Waals surface area contributed by atoms with E-state index in [-0.39, 0.29) is 17.8 Å². The number of fused-ring (bicyclic) bond motifs is 1. The van der Waals surface area contributed by atoms with E-state index in [1.165, 1.54) is 14.0 Å². The Morgan fingerprint density at radius 1 is 1.50 bits per heavy atom. The molecule has 0 spiro atoms. The van der Waals surface area contributed by atoms with Crippen molar-refractivity contribution in [3.05, 3.63) is 23.3 Å². The molecule has 5 heteroatoms. The lowest BCUT2D eigenvalue weighted by molar-refractivity contribution is -0.148. The van der Waals surface area contributed by atoms with Crippen LogP contribution in [0.25, 0.3) is 0 Å². The van der Waals surface area contributed by atoms with Gasteiger partial charge >= 0.3 is 5.97 Å². The first-order valence-electron chi connectivity index (χ1n) is 5.76. The molecule has 0 aromatic heterocycles. The predicted octanol–water partition coefficient (Wildman–Crippen LogP) is 1.45. The maximum Gasteiger partial charge on any atom is 0.303 e. The number of hydrogen-bond acceptors (Lipinski definition) is 5. The lowest BCUT2D eigenvalue weighted by atomic mass is 9.96. The molecule has 0 fully saturated rings. The van der Waals surface area contributed by atoms with Gasteiger partial charge in [0.1, 0.15) is 6.10 Å². The number of hydrogen-bond donors (Lipinski definition) is 1. The van der Waals surface area contributed by atoms with E-state index in [4.69, 9.17) is 9.47 Å². The van der Waals surface area contributed by atoms with Crippen LogP contribution in [0, 0.1) is 0 Å². The van der Waals surface area contributed by atoms with E-state index in [2.05, 4.69) is 4.90 Å². The molecule has 18 heavy (non-hydrogen) atoms. The van der Waals surface area contributed by atoms with Crippen molar-refractivity contribution in [1.29, 1.82) is 0 Å². The zero-order chi connectivity index (χ0) is 13.3. The van der Waals surface area contributed by atoms with Crippen LogP contribution in [-0.4, -0.2) is 36.7 Å². The summed E-state index contributed by atoms with van der Waals surface area (Å²) < 4.78 is 10.4. The molecule has 1 unspecified atom stereocenters. The molecule has 1 aliphatic rings. The fraction of sp³-hybridized carbons (Fsp3) is 0.462. The van der Waals surface area contributed by atoms with E-state index in [1.807, 2.05) is 7.05 Å². The van der Waals surface area contributed by atoms with Crippen molar-refractivity contribution < 1.29 is 19.4 Å². The molecule has 98 valence electrons. The van der Waals surface area contributed by atoms with Crippen LogP contribution >= 0.6 is 0 Å². The lowest BCUT2D eigenvalue weighted by Gasteiger charge is -2.32. The van der Waals surface area contributed by atoms with Gasteiger partial charge in [0.25, 0.3) is 0 Å². The van der Waals surface area contributed by atoms with Gasteiger partial charge in [0.15, 0.2) is 11.5 Å². The van der Waals surface area contributed by atoms with Gasteiger partial charge in [-0.3, -0.25) is 9.69 Å². The van der Waals surface area contributed by atoms with Crippen LogP contribution in [0.4, 0.5) is 0 Å². The second-order valence-corrected chi connectivity index (χ2v) is 4.52. The number of aromatic hydroxyl groups is 1. The summed E-state index contributed by atoms with van der Waals surface area (Å²) in [4.78, 5) is 13.2. The summed E-state index contributed by atoms with van der Waals surface area (Å²) in [6, 6.07) is 3.41. The fourth-order valence-corrected chi connectivity index (χ4v) is 2.26. The Kier molecular flexibility index (Phi) is 3.43. The third-order valence-corrected chi connectivity index (χ3v) is 3.01. The molecular formula is C13H17NO4. The van der Waals surface area contributed by atoms with Gasteiger partial charge in [-0.2, -0.15) is 0 Å². The molecule has 2 rings (SSSR count). The van der Waals surface area contributed by atoms with Crippen LogP contribution in [-0.2, 0) is 16.1 Å². The highest BCUT2D eigenvalue weighted by Crippen LogP contribution is 2.36. The molecule has 0 bridgehead atoms. The quantitative estimate of drug-likeness (QED) is 0.806. The van der Waals surface area contributed by atoms with Gasteiger partial charge in [-0.1, -0.05) is 0 Å². The topological polar surface area (TPSA) is 59.0 Å². The van der Waals surface area contributed by atoms with Gasteiger partial charge in [-0.25, -0.2) is 0 Å². The first-order chi connectivity index (χ1) is 8.51. The van der Waals surface area contributed by atoms with E-state index in [0.717, 1.165) is 17.7 Å². The van der Waals surface area contributed by atoms with Crippen LogP contribution in [0.3, 0.4) is 0 Å². The summed E-state index contributed by atoms with van der Waals surface area (Å²) >= 11 is 0. The number of carbonyl (C=O) groups excluding carboxylic acids is 1. The van der Waals surface area contributed by atoms with E-state index >= 15 is 0 Å². The van der Waals surface area contributed by atoms with Crippen LogP contribution < -0.4 is 4.74 Å². The van der Waals surface area contributed by atoms with Crippen LogP contribution in [0.15, 0.2) is 12.1 Å². The molecule has 1 N–H and O–H groups in total. The highest BCUT2D eigenvalue weighted by Gasteiger charge is 2.27. The van der Waals surface area contributed by atoms with E-state index < -0.39 is 0 Å². The number of methoxy groups -OCH3 is 1. The van der Waals surface area contributed by atoms with Crippen molar-refractivity contribution in [3.8, 4) is 11.5 Å². The van der Waals surface area contributed by atoms with Crippen molar-refractivity contribution in [1.82, 2.24) is 4.90 Å². The molecular weight excluding hydrogens is 234 g/mol. The highest BCUT2D eigenvalue weighted by molar-refractivity contribution is 5.66. The Morgan fingerprint density at radius 2 is 2.22 bits per heavy atom. The minimum atomic E-state index is -0.340. The fourth-order valence-electron chi connectivity index (χ4n) is 2.26. The normalized spacial score (nSPS) is 19.2. The number of carbonyl (C=O) groups is 1. The zero-order valence-electron chi connectivity index (χ0n) is 10.8. The van der Waals surface area contributed by atoms with Gasteiger partial charge in [0.2, 0.25) is 0 Å². The summed E-state index contributed by atoms with van der Waals surface area (Å²) in [5, 5.41) is 9.81. The first-order valence-corrected chi connectivity index (χ1v) is 5.76. The van der Waals surface area contributed by atoms with Gasteiger partial charge in [-0.05, 0) is 24.7 Å².